The molecule has 0 aliphatic heterocycles. The van der Waals surface area contributed by atoms with Gasteiger partial charge in [-0.05, 0) is 36.8 Å². The summed E-state index contributed by atoms with van der Waals surface area (Å²) in [5.41, 5.74) is 2.36. The number of ether oxygens (including phenoxy) is 1. The number of nitrogens with zero attached hydrogens (tertiary/aromatic N) is 2. The lowest BCUT2D eigenvalue weighted by Crippen LogP contribution is -2.22. The van der Waals surface area contributed by atoms with Gasteiger partial charge in [-0.15, -0.1) is 11.3 Å². The van der Waals surface area contributed by atoms with Crippen LogP contribution in [0, 0.1) is 6.92 Å². The van der Waals surface area contributed by atoms with Crippen molar-refractivity contribution >= 4 is 38.9 Å². The summed E-state index contributed by atoms with van der Waals surface area (Å²) in [4.78, 5) is 29.0. The van der Waals surface area contributed by atoms with Crippen LogP contribution in [0.1, 0.15) is 26.6 Å². The molecule has 3 rings (SSSR count). The van der Waals surface area contributed by atoms with Crippen molar-refractivity contribution in [3.8, 4) is 0 Å². The van der Waals surface area contributed by atoms with Crippen molar-refractivity contribution in [2.45, 2.75) is 24.8 Å². The Morgan fingerprint density at radius 1 is 1.12 bits per heavy atom. The van der Waals surface area contributed by atoms with Crippen LogP contribution in [0.3, 0.4) is 0 Å². The lowest BCUT2D eigenvalue weighted by atomic mass is 10.2. The third-order valence-corrected chi connectivity index (χ3v) is 7.24. The van der Waals surface area contributed by atoms with E-state index in [1.54, 1.807) is 5.38 Å². The maximum Gasteiger partial charge on any atom is 0.338 e. The second-order valence-corrected chi connectivity index (χ2v) is 10.3. The molecule has 0 spiro atoms. The van der Waals surface area contributed by atoms with Gasteiger partial charge in [0.2, 0.25) is 15.9 Å². The van der Waals surface area contributed by atoms with Gasteiger partial charge in [0, 0.05) is 25.2 Å². The maximum atomic E-state index is 12.4. The van der Waals surface area contributed by atoms with Crippen LogP contribution in [0.2, 0.25) is 0 Å². The number of carbonyl (C=O) groups excluding carboxylic acids is 2. The zero-order chi connectivity index (χ0) is 23.3. The highest BCUT2D eigenvalue weighted by molar-refractivity contribution is 7.89. The number of rotatable bonds is 8. The van der Waals surface area contributed by atoms with Crippen molar-refractivity contribution in [2.75, 3.05) is 19.4 Å². The number of nitrogens with one attached hydrogen (secondary N) is 1. The van der Waals surface area contributed by atoms with Gasteiger partial charge in [0.25, 0.3) is 0 Å². The van der Waals surface area contributed by atoms with Crippen LogP contribution in [0.5, 0.6) is 0 Å². The first-order chi connectivity index (χ1) is 15.2. The molecular weight excluding hydrogens is 450 g/mol. The third-order valence-electron chi connectivity index (χ3n) is 4.53. The average Bonchev–Trinajstić information content (AvgIpc) is 3.20. The number of aryl methyl sites for hydroxylation is 1. The number of hydrogen-bond donors (Lipinski definition) is 1. The van der Waals surface area contributed by atoms with Gasteiger partial charge in [-0.2, -0.15) is 0 Å². The van der Waals surface area contributed by atoms with Crippen LogP contribution in [0.4, 0.5) is 5.69 Å². The van der Waals surface area contributed by atoms with E-state index < -0.39 is 16.0 Å². The molecule has 0 aliphatic rings. The van der Waals surface area contributed by atoms with E-state index in [-0.39, 0.29) is 29.4 Å². The van der Waals surface area contributed by atoms with Crippen molar-refractivity contribution < 1.29 is 22.7 Å². The van der Waals surface area contributed by atoms with E-state index in [1.165, 1.54) is 49.7 Å². The number of thiazole rings is 1. The van der Waals surface area contributed by atoms with Gasteiger partial charge in [0.1, 0.15) is 11.6 Å². The van der Waals surface area contributed by atoms with Crippen LogP contribution in [-0.2, 0) is 32.6 Å². The molecule has 0 saturated heterocycles. The van der Waals surface area contributed by atoms with Crippen LogP contribution in [-0.4, -0.2) is 43.7 Å². The van der Waals surface area contributed by atoms with E-state index in [9.17, 15) is 18.0 Å². The molecule has 0 atom stereocenters. The molecular formula is C22H23N3O5S2. The zero-order valence-electron chi connectivity index (χ0n) is 17.9. The number of hydrogen-bond acceptors (Lipinski definition) is 7. The lowest BCUT2D eigenvalue weighted by Gasteiger charge is -2.12. The zero-order valence-corrected chi connectivity index (χ0v) is 19.5. The van der Waals surface area contributed by atoms with Gasteiger partial charge < -0.3 is 10.1 Å². The first-order valence-corrected chi connectivity index (χ1v) is 12.0. The fraction of sp³-hybridized carbons (Fsp3) is 0.227. The molecule has 1 aromatic heterocycles. The number of aromatic nitrogens is 1. The molecule has 1 heterocycles. The van der Waals surface area contributed by atoms with E-state index in [1.807, 2.05) is 31.2 Å². The van der Waals surface area contributed by atoms with Gasteiger partial charge in [0.15, 0.2) is 0 Å². The van der Waals surface area contributed by atoms with Crippen LogP contribution >= 0.6 is 11.3 Å². The number of para-hydroxylation sites is 1. The van der Waals surface area contributed by atoms with Gasteiger partial charge in [-0.1, -0.05) is 24.3 Å². The number of benzene rings is 2. The summed E-state index contributed by atoms with van der Waals surface area (Å²) >= 11 is 1.30. The monoisotopic (exact) mass is 473 g/mol. The second-order valence-electron chi connectivity index (χ2n) is 7.16. The molecule has 0 bridgehead atoms. The Hall–Kier alpha value is -3.08. The number of anilines is 1. The number of esters is 1. The largest absolute Gasteiger partial charge is 0.456 e. The highest BCUT2D eigenvalue weighted by atomic mass is 32.2. The summed E-state index contributed by atoms with van der Waals surface area (Å²) in [6.07, 6.45) is 0.109. The predicted molar refractivity (Wildman–Crippen MR) is 122 cm³/mol. The fourth-order valence-electron chi connectivity index (χ4n) is 2.76. The van der Waals surface area contributed by atoms with Crippen molar-refractivity contribution in [3.63, 3.8) is 0 Å². The number of amides is 1. The molecule has 3 aromatic rings. The summed E-state index contributed by atoms with van der Waals surface area (Å²) in [5, 5.41) is 5.17. The second kappa shape index (κ2) is 10.0. The first-order valence-electron chi connectivity index (χ1n) is 9.65. The molecule has 1 amide bonds. The van der Waals surface area contributed by atoms with Crippen molar-refractivity contribution in [1.82, 2.24) is 9.29 Å². The first kappa shape index (κ1) is 23.6. The topological polar surface area (TPSA) is 106 Å². The number of carbonyl (C=O) groups is 2. The normalized spacial score (nSPS) is 11.4. The predicted octanol–water partition coefficient (Wildman–Crippen LogP) is 3.24. The van der Waals surface area contributed by atoms with E-state index in [4.69, 9.17) is 4.74 Å². The van der Waals surface area contributed by atoms with Crippen molar-refractivity contribution in [3.05, 3.63) is 75.7 Å². The van der Waals surface area contributed by atoms with Crippen LogP contribution in [0.25, 0.3) is 0 Å². The fourth-order valence-corrected chi connectivity index (χ4v) is 4.48. The summed E-state index contributed by atoms with van der Waals surface area (Å²) < 4.78 is 30.8. The van der Waals surface area contributed by atoms with E-state index >= 15 is 0 Å². The van der Waals surface area contributed by atoms with E-state index in [2.05, 4.69) is 10.3 Å². The molecule has 0 unspecified atom stereocenters. The maximum absolute atomic E-state index is 12.4. The molecule has 168 valence electrons. The van der Waals surface area contributed by atoms with Crippen LogP contribution < -0.4 is 5.32 Å². The van der Waals surface area contributed by atoms with E-state index in [0.29, 0.717) is 10.7 Å². The van der Waals surface area contributed by atoms with Crippen molar-refractivity contribution in [2.24, 2.45) is 0 Å². The quantitative estimate of drug-likeness (QED) is 0.504. The Labute approximate surface area is 190 Å². The molecule has 0 fully saturated rings. The summed E-state index contributed by atoms with van der Waals surface area (Å²) in [7, 11) is -0.820. The highest BCUT2D eigenvalue weighted by Crippen LogP contribution is 2.18. The summed E-state index contributed by atoms with van der Waals surface area (Å²) in [5.74, 6) is -0.844. The van der Waals surface area contributed by atoms with Gasteiger partial charge in [-0.25, -0.2) is 22.5 Å². The molecule has 32 heavy (non-hydrogen) atoms. The molecule has 8 nitrogen and oxygen atoms in total. The Balaban J connectivity index is 1.58. The lowest BCUT2D eigenvalue weighted by molar-refractivity contribution is -0.115. The average molecular weight is 474 g/mol. The minimum absolute atomic E-state index is 0.00700. The highest BCUT2D eigenvalue weighted by Gasteiger charge is 2.19. The Morgan fingerprint density at radius 2 is 1.88 bits per heavy atom. The molecule has 1 N–H and O–H groups in total. The van der Waals surface area contributed by atoms with Crippen LogP contribution in [0.15, 0.2) is 58.8 Å². The SMILES string of the molecule is Cc1ccccc1NC(=O)Cc1nc(COC(=O)c2cccc(S(=O)(=O)N(C)C)c2)cs1. The molecule has 2 aromatic carbocycles. The minimum atomic E-state index is -3.66. The summed E-state index contributed by atoms with van der Waals surface area (Å²) in [6, 6.07) is 13.2. The molecule has 0 saturated carbocycles. The van der Waals surface area contributed by atoms with Crippen molar-refractivity contribution in [1.29, 1.82) is 0 Å². The standard InChI is InChI=1S/C22H23N3O5S2/c1-15-7-4-5-10-19(15)24-20(26)12-21-23-17(14-31-21)13-30-22(27)16-8-6-9-18(11-16)32(28,29)25(2)3/h4-11,14H,12-13H2,1-3H3,(H,24,26). The van der Waals surface area contributed by atoms with Gasteiger partial charge >= 0.3 is 5.97 Å². The third kappa shape index (κ3) is 5.78. The smallest absolute Gasteiger partial charge is 0.338 e. The van der Waals surface area contributed by atoms with Gasteiger partial charge in [0.05, 0.1) is 22.6 Å². The molecule has 0 radical (unpaired) electrons. The number of sulfonamides is 1. The minimum Gasteiger partial charge on any atom is -0.456 e. The molecule has 10 heteroatoms. The Kier molecular flexibility index (Phi) is 7.39. The molecule has 0 aliphatic carbocycles. The Bertz CT molecular complexity index is 1240. The summed E-state index contributed by atoms with van der Waals surface area (Å²) in [6.45, 7) is 1.83. The van der Waals surface area contributed by atoms with E-state index in [0.717, 1.165) is 15.6 Å². The Morgan fingerprint density at radius 3 is 2.59 bits per heavy atom. The van der Waals surface area contributed by atoms with Gasteiger partial charge in [-0.3, -0.25) is 4.79 Å².